The van der Waals surface area contributed by atoms with Crippen molar-refractivity contribution in [1.29, 1.82) is 0 Å². The average Bonchev–Trinajstić information content (AvgIpc) is 2.90. The van der Waals surface area contributed by atoms with E-state index in [9.17, 15) is 18.0 Å². The highest BCUT2D eigenvalue weighted by Crippen LogP contribution is 2.38. The molecular formula is C32H27F3N2O2. The number of hydrogen-bond donors (Lipinski definition) is 0. The molecule has 4 aromatic rings. The first-order chi connectivity index (χ1) is 18.6. The van der Waals surface area contributed by atoms with Crippen LogP contribution in [0.25, 0.3) is 16.1 Å². The lowest BCUT2D eigenvalue weighted by molar-refractivity contribution is -0.136. The van der Waals surface area contributed by atoms with Crippen LogP contribution in [-0.2, 0) is 25.6 Å². The Labute approximate surface area is 225 Å². The number of alkyl halides is 3. The largest absolute Gasteiger partial charge is 0.457 e. The van der Waals surface area contributed by atoms with E-state index in [1.165, 1.54) is 22.1 Å². The van der Waals surface area contributed by atoms with Gasteiger partial charge in [0.05, 0.1) is 18.7 Å². The second-order valence-electron chi connectivity index (χ2n) is 9.99. The summed E-state index contributed by atoms with van der Waals surface area (Å²) >= 11 is 0. The highest BCUT2D eigenvalue weighted by Gasteiger charge is 2.36. The predicted molar refractivity (Wildman–Crippen MR) is 146 cm³/mol. The molecule has 0 bridgehead atoms. The van der Waals surface area contributed by atoms with Crippen LogP contribution >= 0.6 is 0 Å². The fraction of sp³-hybridized carbons (Fsp3) is 0.250. The Morgan fingerprint density at radius 2 is 1.59 bits per heavy atom. The summed E-state index contributed by atoms with van der Waals surface area (Å²) in [4.78, 5) is 16.3. The molecule has 1 heterocycles. The zero-order chi connectivity index (χ0) is 27.7. The van der Waals surface area contributed by atoms with Gasteiger partial charge in [0.1, 0.15) is 11.5 Å². The lowest BCUT2D eigenvalue weighted by atomic mass is 9.92. The van der Waals surface area contributed by atoms with E-state index in [-0.39, 0.29) is 12.2 Å². The molecule has 0 atom stereocenters. The number of aromatic nitrogens is 1. The summed E-state index contributed by atoms with van der Waals surface area (Å²) < 4.78 is 49.0. The number of fused-ring (bicyclic) bond motifs is 1. The number of benzene rings is 3. The first-order valence-electron chi connectivity index (χ1n) is 12.8. The molecule has 4 nitrogen and oxygen atoms in total. The molecule has 0 saturated heterocycles. The minimum atomic E-state index is -4.85. The fourth-order valence-electron chi connectivity index (χ4n) is 5.15. The summed E-state index contributed by atoms with van der Waals surface area (Å²) in [6.07, 6.45) is -0.411. The number of ether oxygens (including phenoxy) is 1. The van der Waals surface area contributed by atoms with Crippen molar-refractivity contribution in [3.8, 4) is 22.8 Å². The summed E-state index contributed by atoms with van der Waals surface area (Å²) in [5, 5.41) is 0. The van der Waals surface area contributed by atoms with E-state index < -0.39 is 23.0 Å². The van der Waals surface area contributed by atoms with Crippen molar-refractivity contribution in [2.45, 2.75) is 52.3 Å². The van der Waals surface area contributed by atoms with Gasteiger partial charge in [-0.05, 0) is 110 Å². The maximum absolute atomic E-state index is 13.9. The molecule has 0 spiro atoms. The number of aryl methyl sites for hydroxylation is 4. The van der Waals surface area contributed by atoms with Crippen LogP contribution in [0.5, 0.6) is 11.5 Å². The molecule has 7 heteroatoms. The smallest absolute Gasteiger partial charge is 0.407 e. The van der Waals surface area contributed by atoms with Crippen LogP contribution in [0.3, 0.4) is 0 Å². The van der Waals surface area contributed by atoms with Crippen molar-refractivity contribution in [2.24, 2.45) is 0 Å². The summed E-state index contributed by atoms with van der Waals surface area (Å²) in [7, 11) is 0. The quantitative estimate of drug-likeness (QED) is 0.244. The Balaban J connectivity index is 1.55. The SMILES string of the molecule is [C-]#[N+]c1c(C(F)(F)F)cc(-c2ccc(Oc3ccc4c(c3)CCCC4)cc2)n(Cc2ccc(C)cc2C)c1=O. The molecule has 0 aliphatic heterocycles. The molecule has 0 unspecified atom stereocenters. The molecule has 0 fully saturated rings. The maximum atomic E-state index is 13.9. The lowest BCUT2D eigenvalue weighted by Crippen LogP contribution is -2.25. The van der Waals surface area contributed by atoms with E-state index >= 15 is 0 Å². The number of hydrogen-bond acceptors (Lipinski definition) is 2. The van der Waals surface area contributed by atoms with Gasteiger partial charge < -0.3 is 9.30 Å². The van der Waals surface area contributed by atoms with Crippen LogP contribution < -0.4 is 10.3 Å². The highest BCUT2D eigenvalue weighted by atomic mass is 19.4. The first-order valence-corrected chi connectivity index (χ1v) is 12.8. The van der Waals surface area contributed by atoms with Crippen molar-refractivity contribution < 1.29 is 17.9 Å². The van der Waals surface area contributed by atoms with Crippen LogP contribution in [-0.4, -0.2) is 4.57 Å². The Bertz CT molecular complexity index is 1640. The van der Waals surface area contributed by atoms with Crippen molar-refractivity contribution in [3.63, 3.8) is 0 Å². The molecule has 1 aliphatic carbocycles. The van der Waals surface area contributed by atoms with E-state index in [1.807, 2.05) is 44.2 Å². The minimum absolute atomic E-state index is 0.0360. The Morgan fingerprint density at radius 1 is 0.897 bits per heavy atom. The predicted octanol–water partition coefficient (Wildman–Crippen LogP) is 8.42. The zero-order valence-electron chi connectivity index (χ0n) is 21.7. The summed E-state index contributed by atoms with van der Waals surface area (Å²) in [5.74, 6) is 1.24. The van der Waals surface area contributed by atoms with Gasteiger partial charge in [0.15, 0.2) is 0 Å². The normalized spacial score (nSPS) is 13.0. The number of nitrogens with zero attached hydrogens (tertiary/aromatic N) is 2. The van der Waals surface area contributed by atoms with Gasteiger partial charge in [-0.25, -0.2) is 4.85 Å². The summed E-state index contributed by atoms with van der Waals surface area (Å²) in [5.41, 5.74) is 2.72. The molecule has 5 rings (SSSR count). The van der Waals surface area contributed by atoms with Gasteiger partial charge in [-0.2, -0.15) is 13.2 Å². The van der Waals surface area contributed by atoms with Gasteiger partial charge in [-0.15, -0.1) is 0 Å². The summed E-state index contributed by atoms with van der Waals surface area (Å²) in [6.45, 7) is 11.2. The molecule has 0 radical (unpaired) electrons. The molecule has 0 saturated carbocycles. The van der Waals surface area contributed by atoms with Gasteiger partial charge >= 0.3 is 6.18 Å². The van der Waals surface area contributed by atoms with Gasteiger partial charge in [0.2, 0.25) is 0 Å². The second kappa shape index (κ2) is 10.5. The highest BCUT2D eigenvalue weighted by molar-refractivity contribution is 5.67. The zero-order valence-corrected chi connectivity index (χ0v) is 21.7. The van der Waals surface area contributed by atoms with E-state index in [0.717, 1.165) is 42.0 Å². The molecule has 3 aromatic carbocycles. The fourth-order valence-corrected chi connectivity index (χ4v) is 5.15. The number of pyridine rings is 1. The topological polar surface area (TPSA) is 35.6 Å². The maximum Gasteiger partial charge on any atom is 0.407 e. The minimum Gasteiger partial charge on any atom is -0.457 e. The molecule has 198 valence electrons. The van der Waals surface area contributed by atoms with E-state index in [4.69, 9.17) is 11.3 Å². The van der Waals surface area contributed by atoms with E-state index in [2.05, 4.69) is 10.9 Å². The van der Waals surface area contributed by atoms with Crippen LogP contribution in [0, 0.1) is 20.4 Å². The van der Waals surface area contributed by atoms with Crippen molar-refractivity contribution in [3.05, 3.63) is 122 Å². The van der Waals surface area contributed by atoms with Gasteiger partial charge in [-0.1, -0.05) is 29.8 Å². The van der Waals surface area contributed by atoms with E-state index in [1.54, 1.807) is 24.3 Å². The Morgan fingerprint density at radius 3 is 2.26 bits per heavy atom. The Hall–Kier alpha value is -4.31. The van der Waals surface area contributed by atoms with Crippen LogP contribution in [0.1, 0.15) is 46.2 Å². The summed E-state index contributed by atoms with van der Waals surface area (Å²) in [6, 6.07) is 19.3. The third-order valence-corrected chi connectivity index (χ3v) is 7.22. The van der Waals surface area contributed by atoms with Crippen molar-refractivity contribution in [2.75, 3.05) is 0 Å². The van der Waals surface area contributed by atoms with Crippen molar-refractivity contribution >= 4 is 5.69 Å². The van der Waals surface area contributed by atoms with Crippen LogP contribution in [0.4, 0.5) is 18.9 Å². The molecule has 1 aromatic heterocycles. The Kier molecular flexibility index (Phi) is 7.05. The lowest BCUT2D eigenvalue weighted by Gasteiger charge is -2.19. The molecule has 0 amide bonds. The second-order valence-corrected chi connectivity index (χ2v) is 9.99. The molecule has 1 aliphatic rings. The monoisotopic (exact) mass is 528 g/mol. The first kappa shape index (κ1) is 26.3. The van der Waals surface area contributed by atoms with E-state index in [0.29, 0.717) is 17.1 Å². The average molecular weight is 529 g/mol. The van der Waals surface area contributed by atoms with Crippen LogP contribution in [0.2, 0.25) is 0 Å². The third kappa shape index (κ3) is 5.46. The van der Waals surface area contributed by atoms with Gasteiger partial charge in [0.25, 0.3) is 11.2 Å². The molecule has 39 heavy (non-hydrogen) atoms. The number of halogens is 3. The van der Waals surface area contributed by atoms with Crippen molar-refractivity contribution in [1.82, 2.24) is 4.57 Å². The third-order valence-electron chi connectivity index (χ3n) is 7.22. The van der Waals surface area contributed by atoms with Gasteiger partial charge in [-0.3, -0.25) is 4.79 Å². The number of rotatable bonds is 5. The molecule has 0 N–H and O–H groups in total. The van der Waals surface area contributed by atoms with Crippen LogP contribution in [0.15, 0.2) is 71.5 Å². The standard InChI is InChI=1S/C32H27F3N2O2/c1-20-8-9-25(21(2)16-20)19-37-29(18-28(32(33,34)35)30(36-3)31(37)38)23-11-13-26(14-12-23)39-27-15-10-22-6-4-5-7-24(22)17-27/h8-18H,4-7,19H2,1-2H3. The van der Waals surface area contributed by atoms with Gasteiger partial charge in [0, 0.05) is 5.69 Å². The molecular weight excluding hydrogens is 501 g/mol.